The first-order valence-corrected chi connectivity index (χ1v) is 8.84. The van der Waals surface area contributed by atoms with Gasteiger partial charge in [-0.2, -0.15) is 0 Å². The Morgan fingerprint density at radius 1 is 1.52 bits per heavy atom. The molecule has 0 aliphatic heterocycles. The number of thiazole rings is 1. The van der Waals surface area contributed by atoms with Crippen molar-refractivity contribution in [2.45, 2.75) is 12.5 Å². The van der Waals surface area contributed by atoms with Crippen molar-refractivity contribution < 1.29 is 23.1 Å². The number of carbonyl (C=O) groups is 2. The highest BCUT2D eigenvalue weighted by molar-refractivity contribution is 7.90. The van der Waals surface area contributed by atoms with Crippen molar-refractivity contribution in [3.8, 4) is 0 Å². The smallest absolute Gasteiger partial charge is 0.326 e. The van der Waals surface area contributed by atoms with E-state index < -0.39 is 27.8 Å². The predicted molar refractivity (Wildman–Crippen MR) is 76.3 cm³/mol. The molecule has 1 atom stereocenters. The normalized spacial score (nSPS) is 13.2. The fourth-order valence-corrected chi connectivity index (χ4v) is 3.02. The highest BCUT2D eigenvalue weighted by atomic mass is 32.2. The SMILES string of the molecule is CS(=O)(=O)CC[C@H](NC(=O)c1cn2ccsc2n1)C(=O)O. The number of hydrogen-bond acceptors (Lipinski definition) is 6. The topological polar surface area (TPSA) is 118 Å². The minimum Gasteiger partial charge on any atom is -0.480 e. The Bertz CT molecular complexity index is 748. The molecule has 0 aromatic carbocycles. The molecule has 0 saturated carbocycles. The van der Waals surface area contributed by atoms with Gasteiger partial charge in [-0.15, -0.1) is 11.3 Å². The van der Waals surface area contributed by atoms with Gasteiger partial charge in [-0.1, -0.05) is 0 Å². The Labute approximate surface area is 124 Å². The molecular formula is C11H13N3O5S2. The largest absolute Gasteiger partial charge is 0.480 e. The molecule has 0 unspecified atom stereocenters. The van der Waals surface area contributed by atoms with E-state index in [1.54, 1.807) is 16.0 Å². The fourth-order valence-electron chi connectivity index (χ4n) is 1.66. The number of fused-ring (bicyclic) bond motifs is 1. The average molecular weight is 331 g/mol. The van der Waals surface area contributed by atoms with Gasteiger partial charge < -0.3 is 10.4 Å². The molecule has 1 amide bonds. The number of aromatic nitrogens is 2. The predicted octanol–water partition coefficient (Wildman–Crippen LogP) is 0.0135. The van der Waals surface area contributed by atoms with Crippen molar-refractivity contribution in [3.05, 3.63) is 23.5 Å². The van der Waals surface area contributed by atoms with Crippen LogP contribution >= 0.6 is 11.3 Å². The van der Waals surface area contributed by atoms with E-state index in [9.17, 15) is 18.0 Å². The van der Waals surface area contributed by atoms with Gasteiger partial charge in [-0.25, -0.2) is 18.2 Å². The maximum absolute atomic E-state index is 12.0. The summed E-state index contributed by atoms with van der Waals surface area (Å²) in [6.07, 6.45) is 4.03. The number of rotatable bonds is 6. The van der Waals surface area contributed by atoms with Crippen molar-refractivity contribution in [1.82, 2.24) is 14.7 Å². The zero-order chi connectivity index (χ0) is 15.6. The molecule has 2 heterocycles. The van der Waals surface area contributed by atoms with Crippen LogP contribution in [0.1, 0.15) is 16.9 Å². The van der Waals surface area contributed by atoms with Crippen LogP contribution < -0.4 is 5.32 Å². The van der Waals surface area contributed by atoms with Crippen molar-refractivity contribution >= 4 is 38.0 Å². The maximum Gasteiger partial charge on any atom is 0.326 e. The zero-order valence-corrected chi connectivity index (χ0v) is 12.6. The van der Waals surface area contributed by atoms with Crippen LogP contribution in [0.15, 0.2) is 17.8 Å². The minimum absolute atomic E-state index is 0.0902. The second-order valence-corrected chi connectivity index (χ2v) is 7.63. The molecule has 2 aromatic heterocycles. The summed E-state index contributed by atoms with van der Waals surface area (Å²) in [5.74, 6) is -2.25. The number of carboxylic acid groups (broad SMARTS) is 1. The van der Waals surface area contributed by atoms with Crippen LogP contribution in [-0.4, -0.2) is 52.8 Å². The quantitative estimate of drug-likeness (QED) is 0.770. The Hall–Kier alpha value is -1.94. The second kappa shape index (κ2) is 5.82. The van der Waals surface area contributed by atoms with E-state index in [4.69, 9.17) is 5.11 Å². The first-order valence-electron chi connectivity index (χ1n) is 5.90. The summed E-state index contributed by atoms with van der Waals surface area (Å²) in [5, 5.41) is 13.1. The molecule has 10 heteroatoms. The molecule has 2 rings (SSSR count). The van der Waals surface area contributed by atoms with Crippen LogP contribution in [0, 0.1) is 0 Å². The van der Waals surface area contributed by atoms with Gasteiger partial charge in [0.2, 0.25) is 0 Å². The summed E-state index contributed by atoms with van der Waals surface area (Å²) in [4.78, 5) is 27.7. The van der Waals surface area contributed by atoms with Crippen molar-refractivity contribution in [3.63, 3.8) is 0 Å². The van der Waals surface area contributed by atoms with Crippen molar-refractivity contribution in [2.75, 3.05) is 12.0 Å². The van der Waals surface area contributed by atoms with E-state index in [0.717, 1.165) is 6.26 Å². The molecule has 114 valence electrons. The lowest BCUT2D eigenvalue weighted by Gasteiger charge is -2.12. The number of carbonyl (C=O) groups excluding carboxylic acids is 1. The molecule has 21 heavy (non-hydrogen) atoms. The highest BCUT2D eigenvalue weighted by Gasteiger charge is 2.23. The van der Waals surface area contributed by atoms with Gasteiger partial charge in [-0.05, 0) is 6.42 Å². The van der Waals surface area contributed by atoms with E-state index in [2.05, 4.69) is 10.3 Å². The van der Waals surface area contributed by atoms with E-state index in [0.29, 0.717) is 4.96 Å². The van der Waals surface area contributed by atoms with Gasteiger partial charge in [0.05, 0.1) is 5.75 Å². The van der Waals surface area contributed by atoms with Gasteiger partial charge in [0.1, 0.15) is 21.6 Å². The Morgan fingerprint density at radius 3 is 2.81 bits per heavy atom. The van der Waals surface area contributed by atoms with Gasteiger partial charge in [0.15, 0.2) is 4.96 Å². The molecule has 0 radical (unpaired) electrons. The lowest BCUT2D eigenvalue weighted by atomic mass is 10.2. The number of imidazole rings is 1. The minimum atomic E-state index is -3.30. The van der Waals surface area contributed by atoms with E-state index in [-0.39, 0.29) is 17.9 Å². The number of carboxylic acids is 1. The number of nitrogens with one attached hydrogen (secondary N) is 1. The molecule has 0 spiro atoms. The van der Waals surface area contributed by atoms with Crippen LogP contribution in [0.25, 0.3) is 4.96 Å². The van der Waals surface area contributed by atoms with Gasteiger partial charge in [0.25, 0.3) is 5.91 Å². The van der Waals surface area contributed by atoms with Crippen molar-refractivity contribution in [1.29, 1.82) is 0 Å². The number of aliphatic carboxylic acids is 1. The lowest BCUT2D eigenvalue weighted by Crippen LogP contribution is -2.42. The molecule has 2 N–H and O–H groups in total. The fraction of sp³-hybridized carbons (Fsp3) is 0.364. The molecule has 0 aliphatic carbocycles. The molecule has 2 aromatic rings. The molecule has 0 aliphatic rings. The van der Waals surface area contributed by atoms with E-state index >= 15 is 0 Å². The van der Waals surface area contributed by atoms with Crippen LogP contribution in [0.5, 0.6) is 0 Å². The molecular weight excluding hydrogens is 318 g/mol. The Morgan fingerprint density at radius 2 is 2.24 bits per heavy atom. The number of hydrogen-bond donors (Lipinski definition) is 2. The number of amides is 1. The Kier molecular flexibility index (Phi) is 4.28. The van der Waals surface area contributed by atoms with Crippen LogP contribution in [-0.2, 0) is 14.6 Å². The maximum atomic E-state index is 12.0. The standard InChI is InChI=1S/C11H13N3O5S2/c1-21(18,19)5-2-7(10(16)17)12-9(15)8-6-14-3-4-20-11(14)13-8/h3-4,6-7H,2,5H2,1H3,(H,12,15)(H,16,17)/t7-/m0/s1. The number of sulfone groups is 1. The monoisotopic (exact) mass is 331 g/mol. The van der Waals surface area contributed by atoms with Gasteiger partial charge >= 0.3 is 5.97 Å². The molecule has 8 nitrogen and oxygen atoms in total. The summed E-state index contributed by atoms with van der Waals surface area (Å²) in [7, 11) is -3.30. The molecule has 0 bridgehead atoms. The first-order chi connectivity index (χ1) is 9.76. The second-order valence-electron chi connectivity index (χ2n) is 4.50. The van der Waals surface area contributed by atoms with E-state index in [1.807, 2.05) is 0 Å². The number of nitrogens with zero attached hydrogens (tertiary/aromatic N) is 2. The van der Waals surface area contributed by atoms with Gasteiger partial charge in [0, 0.05) is 24.0 Å². The van der Waals surface area contributed by atoms with Crippen LogP contribution in [0.2, 0.25) is 0 Å². The summed E-state index contributed by atoms with van der Waals surface area (Å²) in [6, 6.07) is -1.27. The van der Waals surface area contributed by atoms with Crippen LogP contribution in [0.3, 0.4) is 0 Å². The van der Waals surface area contributed by atoms with E-state index in [1.165, 1.54) is 17.5 Å². The zero-order valence-electron chi connectivity index (χ0n) is 11.0. The third kappa shape index (κ3) is 4.02. The summed E-state index contributed by atoms with van der Waals surface area (Å²) in [5.41, 5.74) is 0.0902. The molecule has 0 fully saturated rings. The van der Waals surface area contributed by atoms with Gasteiger partial charge in [-0.3, -0.25) is 9.20 Å². The lowest BCUT2D eigenvalue weighted by molar-refractivity contribution is -0.139. The third-order valence-corrected chi connectivity index (χ3v) is 4.45. The third-order valence-electron chi connectivity index (χ3n) is 2.71. The molecule has 0 saturated heterocycles. The summed E-state index contributed by atoms with van der Waals surface area (Å²) >= 11 is 1.34. The summed E-state index contributed by atoms with van der Waals surface area (Å²) < 4.78 is 23.8. The average Bonchev–Trinajstić information content (AvgIpc) is 2.92. The Balaban J connectivity index is 2.07. The van der Waals surface area contributed by atoms with Crippen molar-refractivity contribution in [2.24, 2.45) is 0 Å². The first kappa shape index (κ1) is 15.4. The summed E-state index contributed by atoms with van der Waals surface area (Å²) in [6.45, 7) is 0. The highest BCUT2D eigenvalue weighted by Crippen LogP contribution is 2.11. The van der Waals surface area contributed by atoms with Crippen LogP contribution in [0.4, 0.5) is 0 Å².